The molecule has 1 aromatic heterocycles. The second-order valence-corrected chi connectivity index (χ2v) is 10.7. The topological polar surface area (TPSA) is 123 Å². The molecule has 30 heavy (non-hydrogen) atoms. The van der Waals surface area contributed by atoms with Gasteiger partial charge in [-0.3, -0.25) is 19.1 Å². The molecule has 0 saturated carbocycles. The van der Waals surface area contributed by atoms with E-state index in [2.05, 4.69) is 24.1 Å². The number of hydrogen-bond acceptors (Lipinski definition) is 8. The molecule has 2 heterocycles. The van der Waals surface area contributed by atoms with Crippen LogP contribution in [0.2, 0.25) is 0 Å². The highest BCUT2D eigenvalue weighted by molar-refractivity contribution is 8.77. The van der Waals surface area contributed by atoms with Crippen LogP contribution >= 0.6 is 21.6 Å². The molecule has 0 bridgehead atoms. The van der Waals surface area contributed by atoms with Crippen LogP contribution in [0.5, 0.6) is 0 Å². The summed E-state index contributed by atoms with van der Waals surface area (Å²) in [6.07, 6.45) is 1.60. The van der Waals surface area contributed by atoms with Gasteiger partial charge in [0.25, 0.3) is 5.56 Å². The van der Waals surface area contributed by atoms with Gasteiger partial charge in [-0.15, -0.1) is 0 Å². The van der Waals surface area contributed by atoms with E-state index in [1.807, 2.05) is 6.92 Å². The minimum atomic E-state index is -0.562. The summed E-state index contributed by atoms with van der Waals surface area (Å²) in [4.78, 5) is 37.5. The Morgan fingerprint density at radius 3 is 2.87 bits per heavy atom. The normalized spacial score (nSPS) is 21.7. The Balaban J connectivity index is 1.90. The van der Waals surface area contributed by atoms with E-state index in [1.165, 1.54) is 10.8 Å². The van der Waals surface area contributed by atoms with Crippen LogP contribution in [0.4, 0.5) is 0 Å². The molecule has 0 aromatic carbocycles. The van der Waals surface area contributed by atoms with Crippen LogP contribution in [-0.4, -0.2) is 56.6 Å². The highest BCUT2D eigenvalue weighted by Crippen LogP contribution is 2.37. The lowest BCUT2D eigenvalue weighted by atomic mass is 10.1. The molecule has 1 aliphatic rings. The summed E-state index contributed by atoms with van der Waals surface area (Å²) < 4.78 is 13.1. The minimum Gasteiger partial charge on any atom is -0.396 e. The van der Waals surface area contributed by atoms with E-state index >= 15 is 0 Å². The van der Waals surface area contributed by atoms with Crippen LogP contribution in [0.25, 0.3) is 0 Å². The molecule has 3 N–H and O–H groups in total. The number of hydrogen-bond donors (Lipinski definition) is 3. The van der Waals surface area contributed by atoms with Crippen LogP contribution in [0.3, 0.4) is 0 Å². The van der Waals surface area contributed by atoms with Gasteiger partial charge in [0.15, 0.2) is 0 Å². The molecule has 1 fully saturated rings. The van der Waals surface area contributed by atoms with Gasteiger partial charge in [-0.05, 0) is 27.2 Å². The molecule has 0 spiro atoms. The molecule has 9 nitrogen and oxygen atoms in total. The molecule has 2 rings (SSSR count). The lowest BCUT2D eigenvalue weighted by Gasteiger charge is -2.24. The van der Waals surface area contributed by atoms with Crippen LogP contribution in [0.1, 0.15) is 51.8 Å². The van der Waals surface area contributed by atoms with E-state index in [4.69, 9.17) is 9.47 Å². The van der Waals surface area contributed by atoms with Gasteiger partial charge in [-0.25, -0.2) is 4.79 Å². The number of aromatic nitrogens is 2. The third-order valence-corrected chi connectivity index (χ3v) is 7.64. The van der Waals surface area contributed by atoms with Gasteiger partial charge < -0.3 is 19.9 Å². The molecule has 1 aliphatic heterocycles. The van der Waals surface area contributed by atoms with Crippen molar-refractivity contribution in [2.45, 2.75) is 70.1 Å². The summed E-state index contributed by atoms with van der Waals surface area (Å²) in [5.41, 5.74) is -0.523. The zero-order valence-corrected chi connectivity index (χ0v) is 19.4. The number of carbonyl (C=O) groups excluding carboxylic acids is 1. The van der Waals surface area contributed by atoms with Crippen molar-refractivity contribution in [1.29, 1.82) is 0 Å². The average molecular weight is 462 g/mol. The van der Waals surface area contributed by atoms with Crippen molar-refractivity contribution in [3.05, 3.63) is 32.6 Å². The van der Waals surface area contributed by atoms with E-state index in [0.717, 1.165) is 0 Å². The van der Waals surface area contributed by atoms with E-state index in [9.17, 15) is 19.5 Å². The van der Waals surface area contributed by atoms with Crippen molar-refractivity contribution in [3.63, 3.8) is 0 Å². The molecule has 11 heteroatoms. The van der Waals surface area contributed by atoms with Crippen LogP contribution in [0, 0.1) is 6.92 Å². The van der Waals surface area contributed by atoms with E-state index in [0.29, 0.717) is 37.3 Å². The predicted octanol–water partition coefficient (Wildman–Crippen LogP) is 1.54. The number of rotatable bonds is 11. The van der Waals surface area contributed by atoms with Gasteiger partial charge >= 0.3 is 5.69 Å². The summed E-state index contributed by atoms with van der Waals surface area (Å²) in [6, 6.07) is 0. The Morgan fingerprint density at radius 1 is 1.47 bits per heavy atom. The van der Waals surface area contributed by atoms with Gasteiger partial charge in [0, 0.05) is 42.5 Å². The van der Waals surface area contributed by atoms with Gasteiger partial charge in [-0.1, -0.05) is 28.5 Å². The van der Waals surface area contributed by atoms with Crippen molar-refractivity contribution in [3.8, 4) is 0 Å². The first-order valence-corrected chi connectivity index (χ1v) is 12.3. The molecule has 1 unspecified atom stereocenters. The van der Waals surface area contributed by atoms with Gasteiger partial charge in [0.05, 0.1) is 12.2 Å². The number of amides is 1. The number of ether oxygens (including phenoxy) is 2. The summed E-state index contributed by atoms with van der Waals surface area (Å²) >= 11 is 0. The first-order valence-electron chi connectivity index (χ1n) is 9.94. The highest BCUT2D eigenvalue weighted by atomic mass is 33.1. The molecular weight excluding hydrogens is 430 g/mol. The fourth-order valence-electron chi connectivity index (χ4n) is 3.00. The lowest BCUT2D eigenvalue weighted by Crippen LogP contribution is -2.35. The molecule has 0 radical (unpaired) electrons. The second-order valence-electron chi connectivity index (χ2n) is 7.77. The number of nitrogens with zero attached hydrogens (tertiary/aromatic N) is 1. The van der Waals surface area contributed by atoms with Crippen molar-refractivity contribution in [2.24, 2.45) is 0 Å². The molecule has 3 atom stereocenters. The smallest absolute Gasteiger partial charge is 0.330 e. The van der Waals surface area contributed by atoms with Crippen molar-refractivity contribution in [2.75, 3.05) is 19.1 Å². The Labute approximate surface area is 183 Å². The van der Waals surface area contributed by atoms with Crippen molar-refractivity contribution >= 4 is 27.5 Å². The predicted molar refractivity (Wildman–Crippen MR) is 119 cm³/mol. The first kappa shape index (κ1) is 25.0. The Bertz CT molecular complexity index is 825. The summed E-state index contributed by atoms with van der Waals surface area (Å²) in [6.45, 7) is 8.06. The fourth-order valence-corrected chi connectivity index (χ4v) is 5.17. The third-order valence-electron chi connectivity index (χ3n) is 4.70. The van der Waals surface area contributed by atoms with Gasteiger partial charge in [0.2, 0.25) is 5.91 Å². The molecular formula is C19H31N3O6S2. The summed E-state index contributed by atoms with van der Waals surface area (Å²) in [7, 11) is 3.16. The number of carbonyl (C=O) groups is 1. The monoisotopic (exact) mass is 461 g/mol. The Kier molecular flexibility index (Phi) is 9.48. The number of H-pyrrole nitrogens is 1. The fraction of sp³-hybridized carbons (Fsp3) is 0.737. The SMILES string of the molecule is CCC(=O)NCC(C)(C)SSCO[C@@H]1C[C@H](n2cc(C)c(=O)[nH]c2=O)OC1CCO. The van der Waals surface area contributed by atoms with Gasteiger partial charge in [-0.2, -0.15) is 0 Å². The van der Waals surface area contributed by atoms with Crippen LogP contribution in [-0.2, 0) is 14.3 Å². The summed E-state index contributed by atoms with van der Waals surface area (Å²) in [5, 5.41) is 12.2. The number of aliphatic hydroxyl groups is 1. The number of aliphatic hydroxyl groups excluding tert-OH is 1. The molecule has 170 valence electrons. The number of nitrogens with one attached hydrogen (secondary N) is 2. The van der Waals surface area contributed by atoms with E-state index in [1.54, 1.807) is 28.5 Å². The standard InChI is InChI=1S/C19H31N3O6S2/c1-5-15(24)20-10-19(3,4)30-29-11-27-14-8-16(28-13(14)6-7-23)22-9-12(2)17(25)21-18(22)26/h9,13-14,16,23H,5-8,10-11H2,1-4H3,(H,20,24)(H,21,25,26)/t13?,14-,16-/m1/s1. The third kappa shape index (κ3) is 7.16. The van der Waals surface area contributed by atoms with Crippen LogP contribution < -0.4 is 16.6 Å². The van der Waals surface area contributed by atoms with Crippen molar-refractivity contribution < 1.29 is 19.4 Å². The van der Waals surface area contributed by atoms with Crippen LogP contribution in [0.15, 0.2) is 15.8 Å². The maximum absolute atomic E-state index is 12.2. The lowest BCUT2D eigenvalue weighted by molar-refractivity contribution is -0.120. The molecule has 0 aliphatic carbocycles. The second kappa shape index (κ2) is 11.4. The Hall–Kier alpha value is -1.27. The van der Waals surface area contributed by atoms with E-state index < -0.39 is 17.5 Å². The molecule has 1 aromatic rings. The zero-order valence-electron chi connectivity index (χ0n) is 17.8. The first-order chi connectivity index (χ1) is 14.2. The Morgan fingerprint density at radius 2 is 2.20 bits per heavy atom. The van der Waals surface area contributed by atoms with Gasteiger partial charge in [0.1, 0.15) is 12.2 Å². The van der Waals surface area contributed by atoms with Crippen molar-refractivity contribution in [1.82, 2.24) is 14.9 Å². The minimum absolute atomic E-state index is 0.0265. The average Bonchev–Trinajstić information content (AvgIpc) is 3.09. The maximum atomic E-state index is 12.2. The zero-order chi connectivity index (χ0) is 22.3. The summed E-state index contributed by atoms with van der Waals surface area (Å²) in [5.74, 6) is 0.427. The molecule has 1 amide bonds. The highest BCUT2D eigenvalue weighted by Gasteiger charge is 2.37. The molecule has 1 saturated heterocycles. The maximum Gasteiger partial charge on any atom is 0.330 e. The number of aromatic amines is 1. The quantitative estimate of drug-likeness (QED) is 0.258. The van der Waals surface area contributed by atoms with E-state index in [-0.39, 0.29) is 29.5 Å². The number of aryl methyl sites for hydroxylation is 1. The largest absolute Gasteiger partial charge is 0.396 e.